The molecular formula is C6H14BrNO. The quantitative estimate of drug-likeness (QED) is 0.614. The predicted octanol–water partition coefficient (Wildman–Crippen LogP) is 0.651. The zero-order valence-corrected chi connectivity index (χ0v) is 7.42. The van der Waals surface area contributed by atoms with Crippen LogP contribution in [0.25, 0.3) is 0 Å². The van der Waals surface area contributed by atoms with Crippen molar-refractivity contribution in [3.8, 4) is 0 Å². The van der Waals surface area contributed by atoms with Gasteiger partial charge in [-0.25, -0.2) is 0 Å². The first-order valence-corrected chi connectivity index (χ1v) is 3.15. The standard InChI is InChI=1S/C6H13NO.BrH/c1-7-4-2-6(8)3-5-7;/h6,8H,2-5H2,1H3;1H. The van der Waals surface area contributed by atoms with Gasteiger partial charge in [-0.05, 0) is 19.9 Å². The first kappa shape index (κ1) is 9.40. The van der Waals surface area contributed by atoms with Crippen molar-refractivity contribution in [2.45, 2.75) is 18.9 Å². The van der Waals surface area contributed by atoms with Crippen LogP contribution in [0.4, 0.5) is 0 Å². The van der Waals surface area contributed by atoms with E-state index in [4.69, 9.17) is 5.11 Å². The summed E-state index contributed by atoms with van der Waals surface area (Å²) in [6, 6.07) is 0. The molecule has 56 valence electrons. The van der Waals surface area contributed by atoms with Crippen LogP contribution in [0.1, 0.15) is 12.8 Å². The molecule has 1 saturated heterocycles. The summed E-state index contributed by atoms with van der Waals surface area (Å²) in [5, 5.41) is 9.00. The largest absolute Gasteiger partial charge is 0.393 e. The van der Waals surface area contributed by atoms with Gasteiger partial charge in [0.15, 0.2) is 0 Å². The average Bonchev–Trinajstić information content (AvgIpc) is 1.77. The van der Waals surface area contributed by atoms with E-state index in [9.17, 15) is 0 Å². The Balaban J connectivity index is 0.000000640. The summed E-state index contributed by atoms with van der Waals surface area (Å²) < 4.78 is 0. The second-order valence-electron chi connectivity index (χ2n) is 2.53. The second-order valence-corrected chi connectivity index (χ2v) is 2.53. The van der Waals surface area contributed by atoms with Crippen molar-refractivity contribution < 1.29 is 5.11 Å². The van der Waals surface area contributed by atoms with Crippen molar-refractivity contribution in [1.29, 1.82) is 0 Å². The summed E-state index contributed by atoms with van der Waals surface area (Å²) in [5.41, 5.74) is 0. The number of halogens is 1. The maximum Gasteiger partial charge on any atom is 0.0564 e. The number of aliphatic hydroxyl groups is 1. The Hall–Kier alpha value is 0.400. The van der Waals surface area contributed by atoms with Crippen LogP contribution in [0.3, 0.4) is 0 Å². The molecule has 0 bridgehead atoms. The van der Waals surface area contributed by atoms with Crippen LogP contribution >= 0.6 is 17.0 Å². The van der Waals surface area contributed by atoms with Gasteiger partial charge in [-0.2, -0.15) is 0 Å². The van der Waals surface area contributed by atoms with Gasteiger partial charge in [0, 0.05) is 13.1 Å². The Morgan fingerprint density at radius 2 is 1.78 bits per heavy atom. The molecule has 0 unspecified atom stereocenters. The second kappa shape index (κ2) is 4.25. The van der Waals surface area contributed by atoms with Crippen LogP contribution in [0.2, 0.25) is 0 Å². The van der Waals surface area contributed by atoms with Crippen LogP contribution in [-0.2, 0) is 0 Å². The first-order chi connectivity index (χ1) is 3.79. The van der Waals surface area contributed by atoms with E-state index < -0.39 is 0 Å². The van der Waals surface area contributed by atoms with Crippen molar-refractivity contribution in [3.05, 3.63) is 0 Å². The van der Waals surface area contributed by atoms with Gasteiger partial charge in [-0.1, -0.05) is 0 Å². The molecule has 0 aromatic rings. The Morgan fingerprint density at radius 1 is 1.33 bits per heavy atom. The lowest BCUT2D eigenvalue weighted by Gasteiger charge is -2.25. The fourth-order valence-corrected chi connectivity index (χ4v) is 0.995. The monoisotopic (exact) mass is 195 g/mol. The molecule has 0 aromatic heterocycles. The third kappa shape index (κ3) is 3.18. The fraction of sp³-hybridized carbons (Fsp3) is 1.00. The van der Waals surface area contributed by atoms with E-state index in [0.29, 0.717) is 0 Å². The molecule has 1 aliphatic rings. The maximum atomic E-state index is 9.00. The summed E-state index contributed by atoms with van der Waals surface area (Å²) in [6.45, 7) is 2.11. The van der Waals surface area contributed by atoms with E-state index in [1.54, 1.807) is 0 Å². The normalized spacial score (nSPS) is 23.3. The van der Waals surface area contributed by atoms with Crippen LogP contribution in [0, 0.1) is 0 Å². The molecule has 0 spiro atoms. The molecule has 1 rings (SSSR count). The SMILES string of the molecule is Br.CN1CCC(O)CC1. The van der Waals surface area contributed by atoms with Crippen LogP contribution < -0.4 is 0 Å². The summed E-state index contributed by atoms with van der Waals surface area (Å²) in [4.78, 5) is 2.24. The van der Waals surface area contributed by atoms with E-state index in [-0.39, 0.29) is 23.1 Å². The minimum atomic E-state index is -0.0220. The first-order valence-electron chi connectivity index (χ1n) is 3.15. The zero-order valence-electron chi connectivity index (χ0n) is 5.71. The molecular weight excluding hydrogens is 182 g/mol. The summed E-state index contributed by atoms with van der Waals surface area (Å²) in [6.07, 6.45) is 1.89. The Bertz CT molecular complexity index is 61.5. The molecule has 1 aliphatic heterocycles. The third-order valence-electron chi connectivity index (χ3n) is 1.69. The number of nitrogens with zero attached hydrogens (tertiary/aromatic N) is 1. The highest BCUT2D eigenvalue weighted by Gasteiger charge is 2.12. The lowest BCUT2D eigenvalue weighted by atomic mass is 10.1. The van der Waals surface area contributed by atoms with Gasteiger partial charge in [-0.3, -0.25) is 0 Å². The van der Waals surface area contributed by atoms with Crippen molar-refractivity contribution in [3.63, 3.8) is 0 Å². The number of hydrogen-bond donors (Lipinski definition) is 1. The van der Waals surface area contributed by atoms with Crippen LogP contribution in [-0.4, -0.2) is 36.2 Å². The summed E-state index contributed by atoms with van der Waals surface area (Å²) >= 11 is 0. The lowest BCUT2D eigenvalue weighted by molar-refractivity contribution is 0.0943. The molecule has 1 N–H and O–H groups in total. The van der Waals surface area contributed by atoms with Gasteiger partial charge in [0.1, 0.15) is 0 Å². The molecule has 3 heteroatoms. The van der Waals surface area contributed by atoms with Crippen LogP contribution in [0.5, 0.6) is 0 Å². The number of aliphatic hydroxyl groups excluding tert-OH is 1. The van der Waals surface area contributed by atoms with E-state index in [1.165, 1.54) is 0 Å². The van der Waals surface area contributed by atoms with Gasteiger partial charge < -0.3 is 10.0 Å². The Kier molecular flexibility index (Phi) is 4.44. The van der Waals surface area contributed by atoms with Crippen LogP contribution in [0.15, 0.2) is 0 Å². The highest BCUT2D eigenvalue weighted by atomic mass is 79.9. The predicted molar refractivity (Wildman–Crippen MR) is 43.1 cm³/mol. The average molecular weight is 196 g/mol. The van der Waals surface area contributed by atoms with E-state index in [1.807, 2.05) is 0 Å². The topological polar surface area (TPSA) is 23.5 Å². The van der Waals surface area contributed by atoms with Gasteiger partial charge in [0.05, 0.1) is 6.10 Å². The smallest absolute Gasteiger partial charge is 0.0564 e. The minimum absolute atomic E-state index is 0. The van der Waals surface area contributed by atoms with Gasteiger partial charge >= 0.3 is 0 Å². The molecule has 1 fully saturated rings. The van der Waals surface area contributed by atoms with Crippen molar-refractivity contribution in [2.75, 3.05) is 20.1 Å². The highest BCUT2D eigenvalue weighted by molar-refractivity contribution is 8.93. The molecule has 9 heavy (non-hydrogen) atoms. The Morgan fingerprint density at radius 3 is 2.11 bits per heavy atom. The molecule has 0 aliphatic carbocycles. The number of piperidine rings is 1. The van der Waals surface area contributed by atoms with Gasteiger partial charge in [0.25, 0.3) is 0 Å². The molecule has 0 radical (unpaired) electrons. The molecule has 0 aromatic carbocycles. The van der Waals surface area contributed by atoms with E-state index >= 15 is 0 Å². The van der Waals surface area contributed by atoms with Gasteiger partial charge in [-0.15, -0.1) is 17.0 Å². The van der Waals surface area contributed by atoms with Crippen molar-refractivity contribution >= 4 is 17.0 Å². The third-order valence-corrected chi connectivity index (χ3v) is 1.69. The number of hydrogen-bond acceptors (Lipinski definition) is 2. The summed E-state index contributed by atoms with van der Waals surface area (Å²) in [7, 11) is 2.09. The number of likely N-dealkylation sites (tertiary alicyclic amines) is 1. The highest BCUT2D eigenvalue weighted by Crippen LogP contribution is 2.06. The molecule has 1 heterocycles. The lowest BCUT2D eigenvalue weighted by Crippen LogP contribution is -2.32. The minimum Gasteiger partial charge on any atom is -0.393 e. The number of rotatable bonds is 0. The Labute approximate surface area is 66.6 Å². The summed E-state index contributed by atoms with van der Waals surface area (Å²) in [5.74, 6) is 0. The molecule has 0 saturated carbocycles. The van der Waals surface area contributed by atoms with Crippen molar-refractivity contribution in [1.82, 2.24) is 4.90 Å². The maximum absolute atomic E-state index is 9.00. The van der Waals surface area contributed by atoms with Gasteiger partial charge in [0.2, 0.25) is 0 Å². The van der Waals surface area contributed by atoms with E-state index in [2.05, 4.69) is 11.9 Å². The molecule has 0 amide bonds. The van der Waals surface area contributed by atoms with Crippen molar-refractivity contribution in [2.24, 2.45) is 0 Å². The zero-order chi connectivity index (χ0) is 5.98. The fourth-order valence-electron chi connectivity index (χ4n) is 0.995. The molecule has 0 atom stereocenters. The molecule has 2 nitrogen and oxygen atoms in total. The van der Waals surface area contributed by atoms with E-state index in [0.717, 1.165) is 25.9 Å².